The fraction of sp³-hybridized carbons (Fsp3) is 0.222. The van der Waals surface area contributed by atoms with E-state index < -0.39 is 0 Å². The molecule has 0 unspecified atom stereocenters. The van der Waals surface area contributed by atoms with Crippen LogP contribution in [0, 0.1) is 0 Å². The molecule has 2 N–H and O–H groups in total. The molecular weight excluding hydrogens is 479 g/mol. The third-order valence-electron chi connectivity index (χ3n) is 3.62. The molecule has 0 amide bonds. The first-order valence-corrected chi connectivity index (χ1v) is 8.56. The van der Waals surface area contributed by atoms with Crippen molar-refractivity contribution in [1.82, 2.24) is 25.8 Å². The van der Waals surface area contributed by atoms with Crippen LogP contribution in [0.5, 0.6) is 0 Å². The Bertz CT molecular complexity index is 871. The van der Waals surface area contributed by atoms with E-state index in [0.717, 1.165) is 10.6 Å². The number of benzene rings is 1. The van der Waals surface area contributed by atoms with Crippen molar-refractivity contribution in [2.45, 2.75) is 13.0 Å². The van der Waals surface area contributed by atoms with Crippen LogP contribution >= 0.6 is 35.6 Å². The lowest BCUT2D eigenvalue weighted by molar-refractivity contribution is 0.421. The number of pyridine rings is 1. The topological polar surface area (TPSA) is 88.2 Å². The Morgan fingerprint density at radius 2 is 1.96 bits per heavy atom. The summed E-state index contributed by atoms with van der Waals surface area (Å²) < 4.78 is 5.24. The quantitative estimate of drug-likeness (QED) is 0.308. The molecule has 0 atom stereocenters. The minimum absolute atomic E-state index is 0. The highest BCUT2D eigenvalue weighted by Gasteiger charge is 2.09. The van der Waals surface area contributed by atoms with Gasteiger partial charge in [0.1, 0.15) is 5.69 Å². The maximum Gasteiger partial charge on any atom is 0.276 e. The predicted octanol–water partition coefficient (Wildman–Crippen LogP) is 3.31. The molecule has 7 nitrogen and oxygen atoms in total. The van der Waals surface area contributed by atoms with Crippen LogP contribution in [0.4, 0.5) is 0 Å². The van der Waals surface area contributed by atoms with Gasteiger partial charge < -0.3 is 15.2 Å². The molecule has 27 heavy (non-hydrogen) atoms. The van der Waals surface area contributed by atoms with Crippen LogP contribution in [0.1, 0.15) is 11.4 Å². The third kappa shape index (κ3) is 6.17. The van der Waals surface area contributed by atoms with E-state index in [0.29, 0.717) is 42.9 Å². The zero-order valence-electron chi connectivity index (χ0n) is 14.7. The summed E-state index contributed by atoms with van der Waals surface area (Å²) in [5, 5.41) is 11.1. The van der Waals surface area contributed by atoms with E-state index in [9.17, 15) is 0 Å². The van der Waals surface area contributed by atoms with E-state index in [2.05, 4.69) is 30.8 Å². The second-order valence-electron chi connectivity index (χ2n) is 5.42. The van der Waals surface area contributed by atoms with Gasteiger partial charge >= 0.3 is 0 Å². The summed E-state index contributed by atoms with van der Waals surface area (Å²) in [6, 6.07) is 13.2. The molecule has 0 aliphatic carbocycles. The maximum atomic E-state index is 6.16. The molecule has 3 aromatic rings. The molecule has 0 aliphatic rings. The molecule has 0 saturated heterocycles. The van der Waals surface area contributed by atoms with E-state index in [1.807, 2.05) is 42.5 Å². The van der Waals surface area contributed by atoms with Crippen LogP contribution in [-0.4, -0.2) is 34.7 Å². The van der Waals surface area contributed by atoms with Crippen LogP contribution in [0.15, 0.2) is 58.2 Å². The van der Waals surface area contributed by atoms with Gasteiger partial charge in [-0.25, -0.2) is 0 Å². The van der Waals surface area contributed by atoms with Crippen molar-refractivity contribution >= 4 is 41.5 Å². The van der Waals surface area contributed by atoms with E-state index in [1.165, 1.54) is 0 Å². The molecule has 0 saturated carbocycles. The Labute approximate surface area is 179 Å². The molecule has 2 heterocycles. The van der Waals surface area contributed by atoms with Crippen molar-refractivity contribution in [1.29, 1.82) is 0 Å². The second-order valence-corrected chi connectivity index (χ2v) is 5.83. The van der Waals surface area contributed by atoms with Gasteiger partial charge in [0, 0.05) is 37.8 Å². The van der Waals surface area contributed by atoms with Gasteiger partial charge in [-0.2, -0.15) is 4.98 Å². The molecule has 2 aromatic heterocycles. The van der Waals surface area contributed by atoms with E-state index in [1.54, 1.807) is 13.2 Å². The number of guanidine groups is 1. The number of nitrogens with one attached hydrogen (secondary N) is 2. The molecular formula is C18H20ClIN6O. The molecule has 0 bridgehead atoms. The standard InChI is InChI=1S/C18H19ClN6O.HI/c1-20-18(23-12-13-6-2-3-7-14(13)19)22-11-9-16-24-17(26-25-16)15-8-4-5-10-21-15;/h2-8,10H,9,11-12H2,1H3,(H2,20,22,23);1H. The Morgan fingerprint density at radius 1 is 1.15 bits per heavy atom. The van der Waals surface area contributed by atoms with Crippen molar-refractivity contribution in [3.63, 3.8) is 0 Å². The summed E-state index contributed by atoms with van der Waals surface area (Å²) in [6.07, 6.45) is 2.29. The zero-order chi connectivity index (χ0) is 18.2. The number of aliphatic imine (C=N–C) groups is 1. The normalized spacial score (nSPS) is 11.0. The summed E-state index contributed by atoms with van der Waals surface area (Å²) in [7, 11) is 1.72. The van der Waals surface area contributed by atoms with Crippen LogP contribution in [-0.2, 0) is 13.0 Å². The van der Waals surface area contributed by atoms with Gasteiger partial charge in [-0.15, -0.1) is 24.0 Å². The molecule has 1 aromatic carbocycles. The second kappa shape index (κ2) is 10.8. The number of hydrogen-bond donors (Lipinski definition) is 2. The van der Waals surface area contributed by atoms with Crippen molar-refractivity contribution in [2.24, 2.45) is 4.99 Å². The van der Waals surface area contributed by atoms with Gasteiger partial charge in [0.15, 0.2) is 11.8 Å². The first-order valence-electron chi connectivity index (χ1n) is 8.18. The first-order chi connectivity index (χ1) is 12.8. The van der Waals surface area contributed by atoms with Gasteiger partial charge in [0.25, 0.3) is 5.89 Å². The minimum Gasteiger partial charge on any atom is -0.356 e. The fourth-order valence-electron chi connectivity index (χ4n) is 2.28. The average molecular weight is 499 g/mol. The highest BCUT2D eigenvalue weighted by molar-refractivity contribution is 14.0. The number of nitrogens with zero attached hydrogens (tertiary/aromatic N) is 4. The van der Waals surface area contributed by atoms with Gasteiger partial charge in [0.05, 0.1) is 0 Å². The monoisotopic (exact) mass is 498 g/mol. The largest absolute Gasteiger partial charge is 0.356 e. The Kier molecular flexibility index (Phi) is 8.46. The van der Waals surface area contributed by atoms with E-state index in [4.69, 9.17) is 16.1 Å². The number of hydrogen-bond acceptors (Lipinski definition) is 5. The van der Waals surface area contributed by atoms with Gasteiger partial charge in [0.2, 0.25) is 0 Å². The summed E-state index contributed by atoms with van der Waals surface area (Å²) >= 11 is 6.16. The van der Waals surface area contributed by atoms with Crippen molar-refractivity contribution in [2.75, 3.05) is 13.6 Å². The molecule has 142 valence electrons. The minimum atomic E-state index is 0. The summed E-state index contributed by atoms with van der Waals surface area (Å²) in [5.74, 6) is 1.71. The van der Waals surface area contributed by atoms with Crippen LogP contribution in [0.2, 0.25) is 5.02 Å². The number of halogens is 2. The third-order valence-corrected chi connectivity index (χ3v) is 3.99. The van der Waals surface area contributed by atoms with Crippen molar-refractivity contribution in [3.8, 4) is 11.6 Å². The summed E-state index contributed by atoms with van der Waals surface area (Å²) in [4.78, 5) is 12.7. The molecule has 0 radical (unpaired) electrons. The predicted molar refractivity (Wildman–Crippen MR) is 116 cm³/mol. The highest BCUT2D eigenvalue weighted by atomic mass is 127. The van der Waals surface area contributed by atoms with Crippen molar-refractivity contribution < 1.29 is 4.52 Å². The summed E-state index contributed by atoms with van der Waals surface area (Å²) in [5.41, 5.74) is 1.67. The van der Waals surface area contributed by atoms with Crippen LogP contribution in [0.3, 0.4) is 0 Å². The molecule has 3 rings (SSSR count). The number of rotatable bonds is 6. The van der Waals surface area contributed by atoms with E-state index in [-0.39, 0.29) is 24.0 Å². The van der Waals surface area contributed by atoms with Gasteiger partial charge in [-0.1, -0.05) is 41.0 Å². The first kappa shape index (κ1) is 21.1. The molecule has 9 heteroatoms. The Balaban J connectivity index is 0.00000261. The molecule has 0 fully saturated rings. The Morgan fingerprint density at radius 3 is 2.70 bits per heavy atom. The van der Waals surface area contributed by atoms with Crippen molar-refractivity contribution in [3.05, 3.63) is 65.1 Å². The lowest BCUT2D eigenvalue weighted by atomic mass is 10.2. The SMILES string of the molecule is CN=C(NCCc1noc(-c2ccccn2)n1)NCc1ccccc1Cl.I. The molecule has 0 aliphatic heterocycles. The highest BCUT2D eigenvalue weighted by Crippen LogP contribution is 2.14. The lowest BCUT2D eigenvalue weighted by Gasteiger charge is -2.11. The number of aromatic nitrogens is 3. The van der Waals surface area contributed by atoms with Gasteiger partial charge in [-0.05, 0) is 23.8 Å². The lowest BCUT2D eigenvalue weighted by Crippen LogP contribution is -2.38. The van der Waals surface area contributed by atoms with Gasteiger partial charge in [-0.3, -0.25) is 9.98 Å². The zero-order valence-corrected chi connectivity index (χ0v) is 17.8. The van der Waals surface area contributed by atoms with Crippen LogP contribution in [0.25, 0.3) is 11.6 Å². The smallest absolute Gasteiger partial charge is 0.276 e. The average Bonchev–Trinajstić information content (AvgIpc) is 3.15. The Hall–Kier alpha value is -2.20. The summed E-state index contributed by atoms with van der Waals surface area (Å²) in [6.45, 7) is 1.20. The fourth-order valence-corrected chi connectivity index (χ4v) is 2.49. The van der Waals surface area contributed by atoms with E-state index >= 15 is 0 Å². The van der Waals surface area contributed by atoms with Crippen LogP contribution < -0.4 is 10.6 Å². The maximum absolute atomic E-state index is 6.16. The molecule has 0 spiro atoms.